The monoisotopic (exact) mass is 221 g/mol. The predicted molar refractivity (Wildman–Crippen MR) is 71.0 cm³/mol. The molecule has 0 aliphatic carbocycles. The van der Waals surface area contributed by atoms with Crippen LogP contribution in [0.3, 0.4) is 0 Å². The SMILES string of the molecule is C=CC(C(C)C#N)C(CCC)CCCCC. The van der Waals surface area contributed by atoms with Crippen LogP contribution >= 0.6 is 0 Å². The van der Waals surface area contributed by atoms with Gasteiger partial charge in [-0.2, -0.15) is 5.26 Å². The topological polar surface area (TPSA) is 23.8 Å². The highest BCUT2D eigenvalue weighted by Crippen LogP contribution is 2.30. The summed E-state index contributed by atoms with van der Waals surface area (Å²) >= 11 is 0. The summed E-state index contributed by atoms with van der Waals surface area (Å²) in [5, 5.41) is 9.03. The van der Waals surface area contributed by atoms with Crippen LogP contribution in [0.25, 0.3) is 0 Å². The second-order valence-electron chi connectivity index (χ2n) is 4.78. The minimum absolute atomic E-state index is 0.107. The first kappa shape index (κ1) is 15.2. The highest BCUT2D eigenvalue weighted by Gasteiger charge is 2.22. The summed E-state index contributed by atoms with van der Waals surface area (Å²) in [6.07, 6.45) is 9.57. The number of allylic oxidation sites excluding steroid dienone is 1. The molecule has 0 saturated carbocycles. The van der Waals surface area contributed by atoms with Crippen LogP contribution < -0.4 is 0 Å². The van der Waals surface area contributed by atoms with Gasteiger partial charge in [0.2, 0.25) is 0 Å². The molecule has 16 heavy (non-hydrogen) atoms. The third-order valence-electron chi connectivity index (χ3n) is 3.44. The number of unbranched alkanes of at least 4 members (excludes halogenated alkanes) is 2. The Morgan fingerprint density at radius 2 is 1.88 bits per heavy atom. The summed E-state index contributed by atoms with van der Waals surface area (Å²) < 4.78 is 0. The van der Waals surface area contributed by atoms with Gasteiger partial charge in [0.15, 0.2) is 0 Å². The molecule has 3 atom stereocenters. The molecule has 0 amide bonds. The van der Waals surface area contributed by atoms with Crippen molar-refractivity contribution in [1.82, 2.24) is 0 Å². The molecule has 3 unspecified atom stereocenters. The van der Waals surface area contributed by atoms with E-state index in [0.29, 0.717) is 11.8 Å². The number of hydrogen-bond acceptors (Lipinski definition) is 1. The maximum absolute atomic E-state index is 9.03. The summed E-state index contributed by atoms with van der Waals surface area (Å²) in [6, 6.07) is 2.37. The fraction of sp³-hybridized carbons (Fsp3) is 0.800. The Morgan fingerprint density at radius 1 is 1.19 bits per heavy atom. The van der Waals surface area contributed by atoms with Crippen molar-refractivity contribution >= 4 is 0 Å². The van der Waals surface area contributed by atoms with Gasteiger partial charge in [-0.1, -0.05) is 52.0 Å². The molecule has 0 saturated heterocycles. The Balaban J connectivity index is 4.34. The van der Waals surface area contributed by atoms with Gasteiger partial charge in [-0.3, -0.25) is 0 Å². The molecule has 0 aliphatic heterocycles. The lowest BCUT2D eigenvalue weighted by atomic mass is 9.78. The van der Waals surface area contributed by atoms with Crippen LogP contribution in [0.4, 0.5) is 0 Å². The lowest BCUT2D eigenvalue weighted by molar-refractivity contribution is 0.290. The normalized spacial score (nSPS) is 16.1. The fourth-order valence-corrected chi connectivity index (χ4v) is 2.45. The third kappa shape index (κ3) is 5.35. The second kappa shape index (κ2) is 9.46. The van der Waals surface area contributed by atoms with E-state index in [-0.39, 0.29) is 5.92 Å². The Hall–Kier alpha value is -0.770. The average Bonchev–Trinajstić information content (AvgIpc) is 2.30. The van der Waals surface area contributed by atoms with Crippen molar-refractivity contribution in [1.29, 1.82) is 5.26 Å². The summed E-state index contributed by atoms with van der Waals surface area (Å²) in [6.45, 7) is 10.4. The minimum Gasteiger partial charge on any atom is -0.198 e. The number of hydrogen-bond donors (Lipinski definition) is 0. The van der Waals surface area contributed by atoms with Gasteiger partial charge in [0.25, 0.3) is 0 Å². The van der Waals surface area contributed by atoms with Crippen molar-refractivity contribution in [2.24, 2.45) is 17.8 Å². The van der Waals surface area contributed by atoms with Gasteiger partial charge < -0.3 is 0 Å². The predicted octanol–water partition coefficient (Wildman–Crippen LogP) is 4.94. The average molecular weight is 221 g/mol. The Kier molecular flexibility index (Phi) is 9.00. The van der Waals surface area contributed by atoms with E-state index < -0.39 is 0 Å². The van der Waals surface area contributed by atoms with Gasteiger partial charge in [0.05, 0.1) is 12.0 Å². The van der Waals surface area contributed by atoms with Crippen LogP contribution in [0.1, 0.15) is 59.3 Å². The van der Waals surface area contributed by atoms with Crippen molar-refractivity contribution in [3.63, 3.8) is 0 Å². The standard InChI is InChI=1S/C15H27N/c1-5-8-9-11-14(10-6-2)15(7-3)13(4)12-16/h7,13-15H,3,5-6,8-11H2,1-2,4H3. The Labute approximate surface area is 102 Å². The summed E-state index contributed by atoms with van der Waals surface area (Å²) in [4.78, 5) is 0. The van der Waals surface area contributed by atoms with Gasteiger partial charge in [-0.15, -0.1) is 6.58 Å². The smallest absolute Gasteiger partial charge is 0.0659 e. The molecule has 92 valence electrons. The van der Waals surface area contributed by atoms with E-state index in [1.54, 1.807) is 0 Å². The first-order valence-electron chi connectivity index (χ1n) is 6.73. The molecule has 1 nitrogen and oxygen atoms in total. The van der Waals surface area contributed by atoms with Crippen LogP contribution in [0, 0.1) is 29.1 Å². The molecule has 0 radical (unpaired) electrons. The summed E-state index contributed by atoms with van der Waals surface area (Å²) in [5.74, 6) is 1.14. The van der Waals surface area contributed by atoms with Crippen LogP contribution in [0.15, 0.2) is 12.7 Å². The summed E-state index contributed by atoms with van der Waals surface area (Å²) in [5.41, 5.74) is 0. The van der Waals surface area contributed by atoms with Crippen molar-refractivity contribution < 1.29 is 0 Å². The molecular weight excluding hydrogens is 194 g/mol. The maximum atomic E-state index is 9.03. The summed E-state index contributed by atoms with van der Waals surface area (Å²) in [7, 11) is 0. The zero-order chi connectivity index (χ0) is 12.4. The van der Waals surface area contributed by atoms with Crippen molar-refractivity contribution in [3.8, 4) is 6.07 Å². The second-order valence-corrected chi connectivity index (χ2v) is 4.78. The van der Waals surface area contributed by atoms with E-state index in [1.165, 1.54) is 38.5 Å². The molecule has 0 fully saturated rings. The van der Waals surface area contributed by atoms with Crippen molar-refractivity contribution in [2.45, 2.75) is 59.3 Å². The lowest BCUT2D eigenvalue weighted by Gasteiger charge is -2.26. The first-order chi connectivity index (χ1) is 7.71. The zero-order valence-electron chi connectivity index (χ0n) is 11.2. The molecule has 0 spiro atoms. The molecule has 0 N–H and O–H groups in total. The van der Waals surface area contributed by atoms with E-state index >= 15 is 0 Å². The molecule has 0 aromatic heterocycles. The van der Waals surface area contributed by atoms with E-state index in [4.69, 9.17) is 5.26 Å². The van der Waals surface area contributed by atoms with Crippen LogP contribution in [0.2, 0.25) is 0 Å². The number of rotatable bonds is 9. The fourth-order valence-electron chi connectivity index (χ4n) is 2.45. The highest BCUT2D eigenvalue weighted by atomic mass is 14.3. The molecule has 0 aromatic rings. The van der Waals surface area contributed by atoms with Crippen LogP contribution in [-0.4, -0.2) is 0 Å². The van der Waals surface area contributed by atoms with E-state index in [0.717, 1.165) is 0 Å². The van der Waals surface area contributed by atoms with Gasteiger partial charge in [0.1, 0.15) is 0 Å². The first-order valence-corrected chi connectivity index (χ1v) is 6.73. The van der Waals surface area contributed by atoms with Crippen LogP contribution in [-0.2, 0) is 0 Å². The molecule has 0 bridgehead atoms. The zero-order valence-corrected chi connectivity index (χ0v) is 11.2. The molecule has 1 heteroatoms. The number of nitriles is 1. The van der Waals surface area contributed by atoms with Crippen molar-refractivity contribution in [3.05, 3.63) is 12.7 Å². The lowest BCUT2D eigenvalue weighted by Crippen LogP contribution is -2.19. The molecule has 0 aliphatic rings. The van der Waals surface area contributed by atoms with E-state index in [9.17, 15) is 0 Å². The van der Waals surface area contributed by atoms with Gasteiger partial charge in [-0.25, -0.2) is 0 Å². The Morgan fingerprint density at radius 3 is 2.31 bits per heavy atom. The maximum Gasteiger partial charge on any atom is 0.0659 e. The van der Waals surface area contributed by atoms with Crippen molar-refractivity contribution in [2.75, 3.05) is 0 Å². The Bertz CT molecular complexity index is 214. The largest absolute Gasteiger partial charge is 0.198 e. The van der Waals surface area contributed by atoms with E-state index in [1.807, 2.05) is 13.0 Å². The molecule has 0 aromatic carbocycles. The molecule has 0 rings (SSSR count). The number of nitrogens with zero attached hydrogens (tertiary/aromatic N) is 1. The van der Waals surface area contributed by atoms with Gasteiger partial charge in [0, 0.05) is 0 Å². The van der Waals surface area contributed by atoms with Gasteiger partial charge in [-0.05, 0) is 25.2 Å². The molecular formula is C15H27N. The minimum atomic E-state index is 0.107. The van der Waals surface area contributed by atoms with Crippen LogP contribution in [0.5, 0.6) is 0 Å². The quantitative estimate of drug-likeness (QED) is 0.399. The van der Waals surface area contributed by atoms with E-state index in [2.05, 4.69) is 26.5 Å². The highest BCUT2D eigenvalue weighted by molar-refractivity contribution is 4.96. The third-order valence-corrected chi connectivity index (χ3v) is 3.44. The van der Waals surface area contributed by atoms with Gasteiger partial charge >= 0.3 is 0 Å². The molecule has 0 heterocycles.